The molecule has 1 aliphatic carbocycles. The minimum atomic E-state index is -0.893. The number of amides is 3. The third-order valence-electron chi connectivity index (χ3n) is 5.03. The molecule has 0 unspecified atom stereocenters. The molecule has 2 aromatic rings. The average molecular weight is 406 g/mol. The van der Waals surface area contributed by atoms with Crippen molar-refractivity contribution < 1.29 is 14.4 Å². The second kappa shape index (κ2) is 9.82. The van der Waals surface area contributed by atoms with Crippen LogP contribution < -0.4 is 16.1 Å². The summed E-state index contributed by atoms with van der Waals surface area (Å²) in [6.07, 6.45) is 4.31. The minimum absolute atomic E-state index is 0.0172. The molecule has 0 fully saturated rings. The van der Waals surface area contributed by atoms with Crippen molar-refractivity contribution in [2.45, 2.75) is 46.0 Å². The van der Waals surface area contributed by atoms with Crippen molar-refractivity contribution >= 4 is 34.8 Å². The molecule has 0 atom stereocenters. The zero-order valence-corrected chi connectivity index (χ0v) is 17.2. The summed E-state index contributed by atoms with van der Waals surface area (Å²) >= 11 is 0. The van der Waals surface area contributed by atoms with Crippen LogP contribution in [0.4, 0.5) is 11.4 Å². The van der Waals surface area contributed by atoms with Crippen LogP contribution in [0.15, 0.2) is 47.6 Å². The molecule has 1 aliphatic rings. The Labute approximate surface area is 175 Å². The highest BCUT2D eigenvalue weighted by atomic mass is 16.2. The first-order valence-electron chi connectivity index (χ1n) is 10.0. The van der Waals surface area contributed by atoms with Crippen molar-refractivity contribution in [3.63, 3.8) is 0 Å². The van der Waals surface area contributed by atoms with Gasteiger partial charge >= 0.3 is 11.8 Å². The van der Waals surface area contributed by atoms with Gasteiger partial charge in [0.1, 0.15) is 0 Å². The molecule has 30 heavy (non-hydrogen) atoms. The van der Waals surface area contributed by atoms with Gasteiger partial charge < -0.3 is 10.6 Å². The number of hydrogen-bond acceptors (Lipinski definition) is 4. The molecule has 0 aromatic heterocycles. The van der Waals surface area contributed by atoms with Crippen LogP contribution in [0.5, 0.6) is 0 Å². The lowest BCUT2D eigenvalue weighted by molar-refractivity contribution is -0.136. The molecule has 3 rings (SSSR count). The van der Waals surface area contributed by atoms with E-state index in [1.54, 1.807) is 19.1 Å². The van der Waals surface area contributed by atoms with Crippen molar-refractivity contribution in [3.8, 4) is 0 Å². The molecule has 0 heterocycles. The van der Waals surface area contributed by atoms with Crippen molar-refractivity contribution in [3.05, 3.63) is 59.2 Å². The first-order valence-corrected chi connectivity index (χ1v) is 10.0. The molecule has 0 radical (unpaired) electrons. The van der Waals surface area contributed by atoms with E-state index in [-0.39, 0.29) is 12.3 Å². The number of hydrogen-bond donors (Lipinski definition) is 3. The second-order valence-electron chi connectivity index (χ2n) is 7.43. The summed E-state index contributed by atoms with van der Waals surface area (Å²) in [6, 6.07) is 13.1. The van der Waals surface area contributed by atoms with Gasteiger partial charge in [-0.15, -0.1) is 0 Å². The Morgan fingerprint density at radius 2 is 1.63 bits per heavy atom. The Balaban J connectivity index is 1.52. The Hall–Kier alpha value is -3.48. The van der Waals surface area contributed by atoms with Crippen molar-refractivity contribution in [1.82, 2.24) is 5.43 Å². The molecule has 3 N–H and O–H groups in total. The van der Waals surface area contributed by atoms with Crippen molar-refractivity contribution in [2.24, 2.45) is 5.10 Å². The van der Waals surface area contributed by atoms with E-state index in [0.29, 0.717) is 11.4 Å². The Morgan fingerprint density at radius 3 is 2.43 bits per heavy atom. The Morgan fingerprint density at radius 1 is 0.900 bits per heavy atom. The largest absolute Gasteiger partial charge is 0.329 e. The summed E-state index contributed by atoms with van der Waals surface area (Å²) in [6.45, 7) is 3.46. The summed E-state index contributed by atoms with van der Waals surface area (Å²) < 4.78 is 0. The molecular formula is C23H26N4O3. The average Bonchev–Trinajstić information content (AvgIpc) is 2.73. The lowest BCUT2D eigenvalue weighted by Gasteiger charge is -2.19. The molecule has 0 aliphatic heterocycles. The zero-order valence-electron chi connectivity index (χ0n) is 17.2. The maximum absolute atomic E-state index is 12.4. The molecule has 156 valence electrons. The summed E-state index contributed by atoms with van der Waals surface area (Å²) in [5, 5.41) is 9.35. The van der Waals surface area contributed by atoms with Gasteiger partial charge in [0.05, 0.1) is 6.42 Å². The summed E-state index contributed by atoms with van der Waals surface area (Å²) in [7, 11) is 0. The fourth-order valence-corrected chi connectivity index (χ4v) is 3.45. The fourth-order valence-electron chi connectivity index (χ4n) is 3.45. The predicted molar refractivity (Wildman–Crippen MR) is 117 cm³/mol. The summed E-state index contributed by atoms with van der Waals surface area (Å²) in [4.78, 5) is 36.4. The van der Waals surface area contributed by atoms with Gasteiger partial charge in [-0.2, -0.15) is 5.10 Å². The van der Waals surface area contributed by atoms with Gasteiger partial charge in [-0.25, -0.2) is 5.43 Å². The van der Waals surface area contributed by atoms with E-state index in [1.165, 1.54) is 17.5 Å². The summed E-state index contributed by atoms with van der Waals surface area (Å²) in [5.41, 5.74) is 7.33. The number of benzene rings is 2. The van der Waals surface area contributed by atoms with Gasteiger partial charge in [-0.05, 0) is 68.4 Å². The number of aryl methyl sites for hydroxylation is 2. The third-order valence-corrected chi connectivity index (χ3v) is 5.03. The maximum Gasteiger partial charge on any atom is 0.329 e. The van der Waals surface area contributed by atoms with E-state index in [9.17, 15) is 14.4 Å². The normalized spacial score (nSPS) is 13.2. The fraction of sp³-hybridized carbons (Fsp3) is 0.304. The van der Waals surface area contributed by atoms with E-state index >= 15 is 0 Å². The lowest BCUT2D eigenvalue weighted by atomic mass is 9.90. The smallest absolute Gasteiger partial charge is 0.325 e. The molecule has 2 aromatic carbocycles. The van der Waals surface area contributed by atoms with E-state index in [4.69, 9.17) is 0 Å². The van der Waals surface area contributed by atoms with Crippen LogP contribution >= 0.6 is 0 Å². The molecule has 0 bridgehead atoms. The van der Waals surface area contributed by atoms with Crippen LogP contribution in [0.1, 0.15) is 42.9 Å². The molecule has 0 spiro atoms. The molecule has 0 saturated heterocycles. The summed E-state index contributed by atoms with van der Waals surface area (Å²) in [5.74, 6) is -1.93. The lowest BCUT2D eigenvalue weighted by Crippen LogP contribution is -2.33. The van der Waals surface area contributed by atoms with Crippen LogP contribution in [-0.2, 0) is 27.2 Å². The molecule has 0 saturated carbocycles. The van der Waals surface area contributed by atoms with Crippen molar-refractivity contribution in [2.75, 3.05) is 10.6 Å². The number of anilines is 2. The second-order valence-corrected chi connectivity index (χ2v) is 7.43. The zero-order chi connectivity index (χ0) is 21.5. The van der Waals surface area contributed by atoms with E-state index in [0.717, 1.165) is 30.5 Å². The Bertz CT molecular complexity index is 998. The standard InChI is InChI=1S/C23H26N4O3/c1-15-8-3-6-12-19(15)25-22(29)23(30)27-26-16(2)14-21(28)24-20-13-7-10-17-9-4-5-11-18(17)20/h3,6-8,10,12-13H,4-5,9,11,14H2,1-2H3,(H,24,28)(H,25,29)(H,27,30). The first kappa shape index (κ1) is 21.2. The SMILES string of the molecule is CC(CC(=O)Nc1cccc2c1CCCC2)=NNC(=O)C(=O)Nc1ccccc1C. The van der Waals surface area contributed by atoms with Crippen LogP contribution in [0.3, 0.4) is 0 Å². The highest BCUT2D eigenvalue weighted by Gasteiger charge is 2.16. The van der Waals surface area contributed by atoms with Crippen molar-refractivity contribution in [1.29, 1.82) is 0 Å². The highest BCUT2D eigenvalue weighted by molar-refractivity contribution is 6.39. The van der Waals surface area contributed by atoms with Gasteiger partial charge in [0.15, 0.2) is 0 Å². The number of nitrogens with one attached hydrogen (secondary N) is 3. The van der Waals surface area contributed by atoms with Crippen LogP contribution in [0, 0.1) is 6.92 Å². The van der Waals surface area contributed by atoms with E-state index in [1.807, 2.05) is 31.2 Å². The van der Waals surface area contributed by atoms with Crippen LogP contribution in [0.2, 0.25) is 0 Å². The number of carbonyl (C=O) groups excluding carboxylic acids is 3. The third kappa shape index (κ3) is 5.53. The number of hydrazone groups is 1. The van der Waals surface area contributed by atoms with E-state index < -0.39 is 11.8 Å². The molecule has 7 heteroatoms. The predicted octanol–water partition coefficient (Wildman–Crippen LogP) is 3.33. The number of rotatable bonds is 5. The number of nitrogens with zero attached hydrogens (tertiary/aromatic N) is 1. The first-order chi connectivity index (χ1) is 14.4. The monoisotopic (exact) mass is 406 g/mol. The number of fused-ring (bicyclic) bond motifs is 1. The Kier molecular flexibility index (Phi) is 6.95. The van der Waals surface area contributed by atoms with Gasteiger partial charge in [-0.3, -0.25) is 14.4 Å². The maximum atomic E-state index is 12.4. The van der Waals surface area contributed by atoms with Gasteiger partial charge in [0, 0.05) is 17.1 Å². The topological polar surface area (TPSA) is 99.7 Å². The van der Waals surface area contributed by atoms with E-state index in [2.05, 4.69) is 27.2 Å². The van der Waals surface area contributed by atoms with Gasteiger partial charge in [0.2, 0.25) is 5.91 Å². The van der Waals surface area contributed by atoms with Gasteiger partial charge in [-0.1, -0.05) is 30.3 Å². The molecule has 7 nitrogen and oxygen atoms in total. The molecular weight excluding hydrogens is 380 g/mol. The van der Waals surface area contributed by atoms with Crippen LogP contribution in [-0.4, -0.2) is 23.4 Å². The van der Waals surface area contributed by atoms with Crippen LogP contribution in [0.25, 0.3) is 0 Å². The number of para-hydroxylation sites is 1. The highest BCUT2D eigenvalue weighted by Crippen LogP contribution is 2.27. The minimum Gasteiger partial charge on any atom is -0.325 e. The number of carbonyl (C=O) groups is 3. The molecule has 3 amide bonds. The van der Waals surface area contributed by atoms with Gasteiger partial charge in [0.25, 0.3) is 0 Å². The quantitative estimate of drug-likeness (QED) is 0.403.